The van der Waals surface area contributed by atoms with Crippen LogP contribution in [0.4, 0.5) is 17.1 Å². The first-order valence-electron chi connectivity index (χ1n) is 13.1. The van der Waals surface area contributed by atoms with Gasteiger partial charge in [-0.2, -0.15) is 0 Å². The van der Waals surface area contributed by atoms with Crippen LogP contribution in [0.3, 0.4) is 0 Å². The zero-order valence-corrected chi connectivity index (χ0v) is 21.5. The topological polar surface area (TPSA) is 123 Å². The molecule has 1 aromatic heterocycles. The van der Waals surface area contributed by atoms with Gasteiger partial charge in [-0.05, 0) is 47.5 Å². The third kappa shape index (κ3) is 3.42. The molecular weight excluding hydrogens is 520 g/mol. The van der Waals surface area contributed by atoms with Crippen LogP contribution < -0.4 is 10.2 Å². The van der Waals surface area contributed by atoms with E-state index in [1.165, 1.54) is 36.7 Å². The lowest BCUT2D eigenvalue weighted by Crippen LogP contribution is -2.51. The standard InChI is InChI=1S/C32H22N4O5/c37-29(21-15-17-33-18-16-21)27-28(30(38)20-9-12-22(13-10-20)36(40)41)35-25-8-4-1-5-19(25)11-14-26(35)32(27)23-6-2-3-7-24(23)34-31(32)39/h1-18,26-28H,(H,34,39)/t26-,27-,28+,32+/m1/s1. The summed E-state index contributed by atoms with van der Waals surface area (Å²) in [6.07, 6.45) is 6.85. The molecule has 4 aromatic rings. The van der Waals surface area contributed by atoms with Crippen molar-refractivity contribution in [1.82, 2.24) is 4.98 Å². The number of nitro groups is 1. The highest BCUT2D eigenvalue weighted by molar-refractivity contribution is 6.18. The van der Waals surface area contributed by atoms with Gasteiger partial charge in [-0.15, -0.1) is 0 Å². The summed E-state index contributed by atoms with van der Waals surface area (Å²) in [6.45, 7) is 0. The number of para-hydroxylation sites is 2. The molecule has 3 aliphatic rings. The van der Waals surface area contributed by atoms with Crippen LogP contribution in [0.1, 0.15) is 31.8 Å². The molecule has 200 valence electrons. The fourth-order valence-corrected chi connectivity index (χ4v) is 6.73. The number of rotatable bonds is 5. The third-order valence-electron chi connectivity index (χ3n) is 8.42. The van der Waals surface area contributed by atoms with Crippen molar-refractivity contribution in [1.29, 1.82) is 0 Å². The molecule has 41 heavy (non-hydrogen) atoms. The first-order valence-corrected chi connectivity index (χ1v) is 13.1. The summed E-state index contributed by atoms with van der Waals surface area (Å²) in [7, 11) is 0. The maximum Gasteiger partial charge on any atom is 0.269 e. The summed E-state index contributed by atoms with van der Waals surface area (Å²) in [5, 5.41) is 14.3. The lowest BCUT2D eigenvalue weighted by atomic mass is 9.64. The van der Waals surface area contributed by atoms with Gasteiger partial charge >= 0.3 is 0 Å². The number of hydrogen-bond donors (Lipinski definition) is 1. The number of Topliss-reactive ketones (excluding diaryl/α,β-unsaturated/α-hetero) is 2. The number of benzene rings is 3. The molecule has 0 unspecified atom stereocenters. The van der Waals surface area contributed by atoms with Crippen LogP contribution in [0.25, 0.3) is 6.08 Å². The van der Waals surface area contributed by atoms with Crippen LogP contribution in [-0.2, 0) is 10.2 Å². The Labute approximate surface area is 234 Å². The van der Waals surface area contributed by atoms with E-state index in [-0.39, 0.29) is 22.9 Å². The number of non-ortho nitro benzene ring substituents is 1. The van der Waals surface area contributed by atoms with Crippen LogP contribution in [0, 0.1) is 16.0 Å². The van der Waals surface area contributed by atoms with Crippen molar-refractivity contribution in [3.63, 3.8) is 0 Å². The van der Waals surface area contributed by atoms with Gasteiger partial charge in [-0.3, -0.25) is 29.5 Å². The van der Waals surface area contributed by atoms with Crippen molar-refractivity contribution in [2.24, 2.45) is 5.92 Å². The van der Waals surface area contributed by atoms with E-state index in [9.17, 15) is 24.5 Å². The smallest absolute Gasteiger partial charge is 0.269 e. The van der Waals surface area contributed by atoms with Gasteiger partial charge in [0.05, 0.1) is 16.9 Å². The van der Waals surface area contributed by atoms with E-state index in [0.717, 1.165) is 11.3 Å². The van der Waals surface area contributed by atoms with Crippen LogP contribution in [-0.4, -0.2) is 39.5 Å². The van der Waals surface area contributed by atoms with E-state index in [1.807, 2.05) is 59.5 Å². The van der Waals surface area contributed by atoms with Gasteiger partial charge in [0, 0.05) is 47.0 Å². The Morgan fingerprint density at radius 2 is 1.56 bits per heavy atom. The number of nitro benzene ring substituents is 1. The fourth-order valence-electron chi connectivity index (χ4n) is 6.73. The lowest BCUT2D eigenvalue weighted by molar-refractivity contribution is -0.384. The SMILES string of the molecule is O=C(c1ccc([N+](=O)[O-])cc1)[C@@H]1[C@H](C(=O)c2ccncc2)[C@@]2(C(=O)Nc3ccccc32)[C@H]2C=Cc3ccccc3N12. The molecule has 3 aliphatic heterocycles. The molecule has 3 aromatic carbocycles. The molecule has 9 heteroatoms. The summed E-state index contributed by atoms with van der Waals surface area (Å²) < 4.78 is 0. The molecule has 0 bridgehead atoms. The summed E-state index contributed by atoms with van der Waals surface area (Å²) in [6, 6.07) is 21.6. The maximum atomic E-state index is 14.6. The monoisotopic (exact) mass is 542 g/mol. The van der Waals surface area contributed by atoms with Crippen molar-refractivity contribution in [2.45, 2.75) is 17.5 Å². The van der Waals surface area contributed by atoms with E-state index in [4.69, 9.17) is 0 Å². The molecule has 0 saturated carbocycles. The molecule has 1 saturated heterocycles. The van der Waals surface area contributed by atoms with Gasteiger partial charge in [0.1, 0.15) is 11.5 Å². The number of ketones is 2. The number of hydrogen-bond acceptors (Lipinski definition) is 7. The summed E-state index contributed by atoms with van der Waals surface area (Å²) in [4.78, 5) is 60.1. The van der Waals surface area contributed by atoms with Crippen molar-refractivity contribution in [2.75, 3.05) is 10.2 Å². The highest BCUT2D eigenvalue weighted by atomic mass is 16.6. The highest BCUT2D eigenvalue weighted by Gasteiger charge is 2.70. The zero-order valence-electron chi connectivity index (χ0n) is 21.5. The number of anilines is 2. The molecule has 9 nitrogen and oxygen atoms in total. The second-order valence-corrected chi connectivity index (χ2v) is 10.3. The maximum absolute atomic E-state index is 14.6. The number of fused-ring (bicyclic) bond motifs is 6. The quantitative estimate of drug-likeness (QED) is 0.217. The molecule has 1 spiro atoms. The second kappa shape index (κ2) is 9.06. The van der Waals surface area contributed by atoms with Crippen LogP contribution in [0.5, 0.6) is 0 Å². The van der Waals surface area contributed by atoms with Gasteiger partial charge in [0.25, 0.3) is 5.69 Å². The molecular formula is C32H22N4O5. The number of carbonyl (C=O) groups is 3. The lowest BCUT2D eigenvalue weighted by Gasteiger charge is -2.37. The molecule has 0 radical (unpaired) electrons. The predicted octanol–water partition coefficient (Wildman–Crippen LogP) is 4.85. The first-order chi connectivity index (χ1) is 19.9. The Hall–Kier alpha value is -5.44. The Morgan fingerprint density at radius 3 is 2.32 bits per heavy atom. The summed E-state index contributed by atoms with van der Waals surface area (Å²) >= 11 is 0. The minimum Gasteiger partial charge on any atom is -0.352 e. The number of carbonyl (C=O) groups excluding carboxylic acids is 3. The van der Waals surface area contributed by atoms with E-state index in [0.29, 0.717) is 16.8 Å². The molecule has 1 fully saturated rings. The van der Waals surface area contributed by atoms with Crippen LogP contribution >= 0.6 is 0 Å². The van der Waals surface area contributed by atoms with Crippen molar-refractivity contribution >= 4 is 40.6 Å². The molecule has 0 aliphatic carbocycles. The normalized spacial score (nSPS) is 23.5. The minimum absolute atomic E-state index is 0.151. The number of amides is 1. The summed E-state index contributed by atoms with van der Waals surface area (Å²) in [5.74, 6) is -2.25. The second-order valence-electron chi connectivity index (χ2n) is 10.3. The van der Waals surface area contributed by atoms with E-state index >= 15 is 0 Å². The molecule has 4 atom stereocenters. The largest absolute Gasteiger partial charge is 0.352 e. The molecule has 1 amide bonds. The van der Waals surface area contributed by atoms with Crippen molar-refractivity contribution in [3.05, 3.63) is 136 Å². The van der Waals surface area contributed by atoms with Gasteiger partial charge in [-0.25, -0.2) is 0 Å². The first kappa shape index (κ1) is 24.6. The predicted molar refractivity (Wildman–Crippen MR) is 152 cm³/mol. The Bertz CT molecular complexity index is 1790. The van der Waals surface area contributed by atoms with Crippen molar-refractivity contribution < 1.29 is 19.3 Å². The number of aromatic nitrogens is 1. The van der Waals surface area contributed by atoms with Crippen LogP contribution in [0.2, 0.25) is 0 Å². The number of nitrogens with one attached hydrogen (secondary N) is 1. The van der Waals surface area contributed by atoms with Crippen molar-refractivity contribution in [3.8, 4) is 0 Å². The highest BCUT2D eigenvalue weighted by Crippen LogP contribution is 2.58. The third-order valence-corrected chi connectivity index (χ3v) is 8.42. The Kier molecular flexibility index (Phi) is 5.43. The number of nitrogens with zero attached hydrogens (tertiary/aromatic N) is 3. The Balaban J connectivity index is 1.51. The van der Waals surface area contributed by atoms with Gasteiger partial charge in [-0.1, -0.05) is 48.6 Å². The molecule has 7 rings (SSSR count). The molecule has 4 heterocycles. The Morgan fingerprint density at radius 1 is 0.878 bits per heavy atom. The van der Waals surface area contributed by atoms with Gasteiger partial charge in [0.2, 0.25) is 5.91 Å². The van der Waals surface area contributed by atoms with Gasteiger partial charge in [0.15, 0.2) is 11.6 Å². The zero-order chi connectivity index (χ0) is 28.3. The van der Waals surface area contributed by atoms with E-state index < -0.39 is 34.1 Å². The average Bonchev–Trinajstić information content (AvgIpc) is 3.49. The van der Waals surface area contributed by atoms with E-state index in [1.54, 1.807) is 18.2 Å². The summed E-state index contributed by atoms with van der Waals surface area (Å²) in [5.41, 5.74) is 1.79. The average molecular weight is 543 g/mol. The van der Waals surface area contributed by atoms with Gasteiger partial charge < -0.3 is 10.2 Å². The van der Waals surface area contributed by atoms with E-state index in [2.05, 4.69) is 10.3 Å². The number of pyridine rings is 1. The minimum atomic E-state index is -1.43. The van der Waals surface area contributed by atoms with Crippen LogP contribution in [0.15, 0.2) is 103 Å². The molecule has 1 N–H and O–H groups in total. The fraction of sp³-hybridized carbons (Fsp3) is 0.125.